The molecule has 4 rings (SSSR count). The topological polar surface area (TPSA) is 9.23 Å². The Bertz CT molecular complexity index is 1520. The molecular weight excluding hydrogens is 745 g/mol. The highest BCUT2D eigenvalue weighted by molar-refractivity contribution is 6.92. The molecule has 0 heterocycles. The van der Waals surface area contributed by atoms with E-state index in [9.17, 15) is 0 Å². The zero-order valence-corrected chi connectivity index (χ0v) is 41.8. The number of hydrogen-bond donors (Lipinski definition) is 0. The van der Waals surface area contributed by atoms with Crippen LogP contribution in [0.3, 0.4) is 0 Å². The van der Waals surface area contributed by atoms with Crippen molar-refractivity contribution in [3.05, 3.63) is 117 Å². The maximum Gasteiger partial charge on any atom is 0.229 e. The Hall–Kier alpha value is -2.73. The number of unbranched alkanes of at least 4 members (excludes halogenated alkanes) is 8. The highest BCUT2D eigenvalue weighted by Crippen LogP contribution is 2.20. The molecule has 0 N–H and O–H groups in total. The van der Waals surface area contributed by atoms with Gasteiger partial charge in [0.15, 0.2) is 0 Å². The molecule has 59 heavy (non-hydrogen) atoms. The van der Waals surface area contributed by atoms with Gasteiger partial charge in [-0.15, -0.1) is 0 Å². The Morgan fingerprint density at radius 1 is 0.288 bits per heavy atom. The second-order valence-electron chi connectivity index (χ2n) is 17.9. The molecule has 0 saturated heterocycles. The molecule has 0 bridgehead atoms. The summed E-state index contributed by atoms with van der Waals surface area (Å²) in [6.45, 7) is 18.8. The number of aryl methyl sites for hydroxylation is 8. The molecule has 0 aliphatic heterocycles. The lowest BCUT2D eigenvalue weighted by Crippen LogP contribution is -2.58. The fraction of sp³-hybridized carbons (Fsp3) is 0.571. The van der Waals surface area contributed by atoms with Crippen LogP contribution in [0.2, 0.25) is 0 Å². The molecule has 0 unspecified atom stereocenters. The molecule has 0 spiro atoms. The molecule has 0 fully saturated rings. The summed E-state index contributed by atoms with van der Waals surface area (Å²) in [5.41, 5.74) is 12.3. The van der Waals surface area contributed by atoms with Gasteiger partial charge < -0.3 is 4.12 Å². The third-order valence-electron chi connectivity index (χ3n) is 12.7. The quantitative estimate of drug-likeness (QED) is 0.0476. The Balaban J connectivity index is 2.14. The SMILES string of the molecule is CCCCc1ccc(CCCC)c([SiH](O[SiH](c2cc(CCCC)ccc2CCCC)c2cc(CCCC)ccc2CCCC)c2cc(CCCC)ccc2CCCC)c1. The average molecular weight is 831 g/mol. The van der Waals surface area contributed by atoms with Crippen molar-refractivity contribution in [3.8, 4) is 0 Å². The monoisotopic (exact) mass is 831 g/mol. The molecule has 4 aromatic rings. The average Bonchev–Trinajstić information content (AvgIpc) is 3.27. The van der Waals surface area contributed by atoms with E-state index in [4.69, 9.17) is 4.12 Å². The first kappa shape index (κ1) is 48.9. The lowest BCUT2D eigenvalue weighted by molar-refractivity contribution is 0.629. The van der Waals surface area contributed by atoms with E-state index in [0.29, 0.717) is 0 Å². The van der Waals surface area contributed by atoms with E-state index >= 15 is 0 Å². The molecule has 0 aliphatic carbocycles. The Labute approximate surface area is 368 Å². The van der Waals surface area contributed by atoms with Crippen LogP contribution in [0.25, 0.3) is 0 Å². The molecule has 1 nitrogen and oxygen atoms in total. The van der Waals surface area contributed by atoms with E-state index < -0.39 is 18.1 Å². The van der Waals surface area contributed by atoms with Crippen LogP contribution in [-0.2, 0) is 55.5 Å². The zero-order chi connectivity index (χ0) is 42.2. The molecule has 0 saturated carbocycles. The fourth-order valence-electron chi connectivity index (χ4n) is 8.84. The molecule has 0 aromatic heterocycles. The molecule has 3 heteroatoms. The first-order chi connectivity index (χ1) is 28.9. The van der Waals surface area contributed by atoms with Gasteiger partial charge in [0, 0.05) is 0 Å². The predicted octanol–water partition coefficient (Wildman–Crippen LogP) is 12.8. The van der Waals surface area contributed by atoms with Crippen molar-refractivity contribution in [2.24, 2.45) is 0 Å². The lowest BCUT2D eigenvalue weighted by atomic mass is 10.0. The minimum absolute atomic E-state index is 1.14. The van der Waals surface area contributed by atoms with Gasteiger partial charge in [0.25, 0.3) is 0 Å². The highest BCUT2D eigenvalue weighted by Gasteiger charge is 2.33. The van der Waals surface area contributed by atoms with Crippen molar-refractivity contribution in [1.29, 1.82) is 0 Å². The first-order valence-electron chi connectivity index (χ1n) is 25.1. The molecule has 0 atom stereocenters. The normalized spacial score (nSPS) is 11.7. The third-order valence-corrected chi connectivity index (χ3v) is 19.3. The van der Waals surface area contributed by atoms with Crippen molar-refractivity contribution in [3.63, 3.8) is 0 Å². The van der Waals surface area contributed by atoms with Crippen LogP contribution in [0.5, 0.6) is 0 Å². The Morgan fingerprint density at radius 3 is 0.695 bits per heavy atom. The van der Waals surface area contributed by atoms with Gasteiger partial charge in [-0.1, -0.05) is 180 Å². The van der Waals surface area contributed by atoms with Crippen LogP contribution in [0.4, 0.5) is 0 Å². The van der Waals surface area contributed by atoms with Crippen LogP contribution in [0, 0.1) is 0 Å². The Kier molecular flexibility index (Phi) is 23.2. The number of rotatable bonds is 30. The maximum atomic E-state index is 8.59. The minimum atomic E-state index is -2.25. The fourth-order valence-corrected chi connectivity index (χ4v) is 16.7. The smallest absolute Gasteiger partial charge is 0.229 e. The summed E-state index contributed by atoms with van der Waals surface area (Å²) in [5.74, 6) is 0. The molecule has 4 aromatic carbocycles. The van der Waals surface area contributed by atoms with E-state index in [-0.39, 0.29) is 0 Å². The lowest BCUT2D eigenvalue weighted by Gasteiger charge is -2.31. The summed E-state index contributed by atoms with van der Waals surface area (Å²) in [4.78, 5) is 0. The maximum absolute atomic E-state index is 8.59. The van der Waals surface area contributed by atoms with Gasteiger partial charge in [0.2, 0.25) is 18.1 Å². The van der Waals surface area contributed by atoms with Crippen LogP contribution in [0.1, 0.15) is 203 Å². The summed E-state index contributed by atoms with van der Waals surface area (Å²) in [7, 11) is -4.49. The molecule has 0 amide bonds. The van der Waals surface area contributed by atoms with Crippen LogP contribution >= 0.6 is 0 Å². The van der Waals surface area contributed by atoms with Crippen LogP contribution < -0.4 is 20.7 Å². The van der Waals surface area contributed by atoms with Crippen LogP contribution in [0.15, 0.2) is 72.8 Å². The number of benzene rings is 4. The van der Waals surface area contributed by atoms with E-state index in [1.807, 2.05) is 0 Å². The van der Waals surface area contributed by atoms with Crippen molar-refractivity contribution in [1.82, 2.24) is 0 Å². The van der Waals surface area contributed by atoms with E-state index in [1.54, 1.807) is 43.0 Å². The van der Waals surface area contributed by atoms with Gasteiger partial charge in [0.1, 0.15) is 0 Å². The van der Waals surface area contributed by atoms with Crippen molar-refractivity contribution in [2.75, 3.05) is 0 Å². The summed E-state index contributed by atoms with van der Waals surface area (Å²) >= 11 is 0. The standard InChI is InChI=1S/C56H86OSi2/c1-9-17-25-45-33-37-49(29-21-13-5)53(41-45)58(54-42-46(26-18-10-2)34-38-50(54)30-22-14-6)57-59(55-43-47(27-19-11-3)35-39-51(55)31-23-15-7)56-44-48(28-20-12-4)36-40-52(56)32-24-16-8/h33-44,58-59H,9-32H2,1-8H3. The number of hydrogen-bond acceptors (Lipinski definition) is 1. The largest absolute Gasteiger partial charge is 0.446 e. The van der Waals surface area contributed by atoms with E-state index in [0.717, 1.165) is 51.4 Å². The van der Waals surface area contributed by atoms with Crippen molar-refractivity contribution < 1.29 is 4.12 Å². The Morgan fingerprint density at radius 2 is 0.492 bits per heavy atom. The summed E-state index contributed by atoms with van der Waals surface area (Å²) in [6.07, 6.45) is 28.8. The van der Waals surface area contributed by atoms with Gasteiger partial charge >= 0.3 is 0 Å². The zero-order valence-electron chi connectivity index (χ0n) is 39.5. The minimum Gasteiger partial charge on any atom is -0.446 e. The van der Waals surface area contributed by atoms with Gasteiger partial charge in [-0.05, 0) is 168 Å². The summed E-state index contributed by atoms with van der Waals surface area (Å²) in [6, 6.07) is 30.8. The predicted molar refractivity (Wildman–Crippen MR) is 269 cm³/mol. The first-order valence-corrected chi connectivity index (χ1v) is 28.3. The van der Waals surface area contributed by atoms with Crippen molar-refractivity contribution in [2.45, 2.75) is 209 Å². The highest BCUT2D eigenvalue weighted by atomic mass is 28.4. The van der Waals surface area contributed by atoms with Crippen molar-refractivity contribution >= 4 is 38.8 Å². The van der Waals surface area contributed by atoms with Gasteiger partial charge in [-0.2, -0.15) is 0 Å². The summed E-state index contributed by atoms with van der Waals surface area (Å²) in [5, 5.41) is 6.35. The van der Waals surface area contributed by atoms with E-state index in [1.165, 1.54) is 125 Å². The summed E-state index contributed by atoms with van der Waals surface area (Å²) < 4.78 is 8.59. The van der Waals surface area contributed by atoms with Gasteiger partial charge in [-0.3, -0.25) is 0 Å². The van der Waals surface area contributed by atoms with Gasteiger partial charge in [0.05, 0.1) is 0 Å². The molecule has 0 aliphatic rings. The molecule has 0 radical (unpaired) electrons. The second kappa shape index (κ2) is 28.0. The molecular formula is C56H86OSi2. The molecule has 324 valence electrons. The second-order valence-corrected chi connectivity index (χ2v) is 23.0. The third kappa shape index (κ3) is 15.3. The van der Waals surface area contributed by atoms with Gasteiger partial charge in [-0.25, -0.2) is 0 Å². The van der Waals surface area contributed by atoms with Crippen LogP contribution in [-0.4, -0.2) is 18.1 Å². The van der Waals surface area contributed by atoms with E-state index in [2.05, 4.69) is 128 Å².